The average molecular weight is 493 g/mol. The van der Waals surface area contributed by atoms with Gasteiger partial charge in [-0.1, -0.05) is 44.6 Å². The number of benzene rings is 1. The summed E-state index contributed by atoms with van der Waals surface area (Å²) < 4.78 is 0. The van der Waals surface area contributed by atoms with Crippen molar-refractivity contribution in [3.05, 3.63) is 89.9 Å². The van der Waals surface area contributed by atoms with Crippen molar-refractivity contribution in [2.45, 2.75) is 44.6 Å². The highest BCUT2D eigenvalue weighted by Crippen LogP contribution is 2.46. The fraction of sp³-hybridized carbons (Fsp3) is 0.355. The molecule has 1 aliphatic carbocycles. The molecule has 4 heterocycles. The van der Waals surface area contributed by atoms with Crippen LogP contribution in [-0.2, 0) is 5.54 Å². The van der Waals surface area contributed by atoms with Gasteiger partial charge in [-0.2, -0.15) is 0 Å². The number of hydrogen-bond acceptors (Lipinski definition) is 6. The maximum atomic E-state index is 4.72. The van der Waals surface area contributed by atoms with Gasteiger partial charge < -0.3 is 20.9 Å². The van der Waals surface area contributed by atoms with Crippen LogP contribution in [0.2, 0.25) is 0 Å². The second kappa shape index (κ2) is 9.67. The number of aromatic nitrogens is 2. The molecule has 2 aliphatic heterocycles. The fourth-order valence-electron chi connectivity index (χ4n) is 6.16. The first-order chi connectivity index (χ1) is 18.0. The molecule has 2 aromatic heterocycles. The summed E-state index contributed by atoms with van der Waals surface area (Å²) in [5.74, 6) is 1.00. The Hall–Kier alpha value is -3.64. The topological polar surface area (TPSA) is 65.1 Å². The smallest absolute Gasteiger partial charge is 0.130 e. The molecule has 3 aromatic rings. The normalized spacial score (nSPS) is 18.4. The molecule has 6 rings (SSSR count). The van der Waals surface area contributed by atoms with Gasteiger partial charge in [0.15, 0.2) is 0 Å². The van der Waals surface area contributed by atoms with Crippen LogP contribution in [-0.4, -0.2) is 36.1 Å². The lowest BCUT2D eigenvalue weighted by atomic mass is 9.76. The Bertz CT molecular complexity index is 1350. The van der Waals surface area contributed by atoms with Gasteiger partial charge >= 0.3 is 0 Å². The van der Waals surface area contributed by atoms with E-state index in [1.54, 1.807) is 0 Å². The summed E-state index contributed by atoms with van der Waals surface area (Å²) in [7, 11) is 0. The number of fused-ring (bicyclic) bond motifs is 2. The van der Waals surface area contributed by atoms with Gasteiger partial charge in [-0.05, 0) is 54.7 Å². The zero-order valence-corrected chi connectivity index (χ0v) is 21.7. The molecule has 3 N–H and O–H groups in total. The summed E-state index contributed by atoms with van der Waals surface area (Å²) in [5.41, 5.74) is 9.84. The molecule has 190 valence electrons. The summed E-state index contributed by atoms with van der Waals surface area (Å²) >= 11 is 0. The summed E-state index contributed by atoms with van der Waals surface area (Å²) in [6.45, 7) is 14.8. The maximum Gasteiger partial charge on any atom is 0.130 e. The van der Waals surface area contributed by atoms with Crippen LogP contribution in [0, 0.1) is 6.92 Å². The van der Waals surface area contributed by atoms with E-state index in [1.165, 1.54) is 30.4 Å². The van der Waals surface area contributed by atoms with E-state index < -0.39 is 0 Å². The number of aryl methyl sites for hydroxylation is 1. The summed E-state index contributed by atoms with van der Waals surface area (Å²) in [4.78, 5) is 11.6. The number of piperazine rings is 1. The lowest BCUT2D eigenvalue weighted by Crippen LogP contribution is -2.43. The van der Waals surface area contributed by atoms with Crippen LogP contribution in [0.15, 0.2) is 61.9 Å². The van der Waals surface area contributed by atoms with Crippen molar-refractivity contribution >= 4 is 28.5 Å². The van der Waals surface area contributed by atoms with Crippen LogP contribution in [0.3, 0.4) is 0 Å². The Morgan fingerprint density at radius 3 is 2.62 bits per heavy atom. The van der Waals surface area contributed by atoms with Crippen molar-refractivity contribution in [3.63, 3.8) is 0 Å². The third-order valence-corrected chi connectivity index (χ3v) is 8.19. The molecule has 0 bridgehead atoms. The molecule has 0 atom stereocenters. The van der Waals surface area contributed by atoms with Gasteiger partial charge in [-0.3, -0.25) is 4.98 Å². The number of nitrogens with zero attached hydrogens (tertiary/aromatic N) is 3. The molecule has 0 unspecified atom stereocenters. The van der Waals surface area contributed by atoms with Gasteiger partial charge in [-0.15, -0.1) is 0 Å². The highest BCUT2D eigenvalue weighted by molar-refractivity contribution is 5.83. The zero-order valence-electron chi connectivity index (χ0n) is 21.7. The number of nitrogens with one attached hydrogen (secondary N) is 3. The summed E-state index contributed by atoms with van der Waals surface area (Å²) in [6, 6.07) is 13.0. The van der Waals surface area contributed by atoms with E-state index in [9.17, 15) is 0 Å². The summed E-state index contributed by atoms with van der Waals surface area (Å²) in [6.07, 6.45) is 9.92. The SMILES string of the molecule is C=C1NC2(CCCCC2)c2cc(C(=C)c3cc(Nc4ccnc(N5CCNCC5)c4)cnc3C)ccc21. The minimum atomic E-state index is 0.0289. The molecule has 0 amide bonds. The molecule has 2 fully saturated rings. The Morgan fingerprint density at radius 2 is 1.81 bits per heavy atom. The number of rotatable bonds is 5. The Kier molecular flexibility index (Phi) is 6.21. The van der Waals surface area contributed by atoms with E-state index in [2.05, 4.69) is 76.2 Å². The van der Waals surface area contributed by atoms with Crippen LogP contribution in [0.4, 0.5) is 17.2 Å². The lowest BCUT2D eigenvalue weighted by Gasteiger charge is -2.35. The van der Waals surface area contributed by atoms with Gasteiger partial charge in [0, 0.05) is 66.6 Å². The molecule has 1 saturated carbocycles. The molecule has 6 heteroatoms. The van der Waals surface area contributed by atoms with Gasteiger partial charge in [0.25, 0.3) is 0 Å². The van der Waals surface area contributed by atoms with Crippen LogP contribution < -0.4 is 20.9 Å². The van der Waals surface area contributed by atoms with Crippen LogP contribution in [0.5, 0.6) is 0 Å². The number of pyridine rings is 2. The zero-order chi connectivity index (χ0) is 25.4. The minimum absolute atomic E-state index is 0.0289. The first-order valence-corrected chi connectivity index (χ1v) is 13.5. The maximum absolute atomic E-state index is 4.72. The average Bonchev–Trinajstić information content (AvgIpc) is 3.20. The first-order valence-electron chi connectivity index (χ1n) is 13.5. The van der Waals surface area contributed by atoms with E-state index in [4.69, 9.17) is 4.98 Å². The quantitative estimate of drug-likeness (QED) is 0.423. The Morgan fingerprint density at radius 1 is 1.00 bits per heavy atom. The van der Waals surface area contributed by atoms with Crippen molar-refractivity contribution in [1.29, 1.82) is 0 Å². The van der Waals surface area contributed by atoms with Gasteiger partial charge in [0.1, 0.15) is 5.82 Å². The Labute approximate surface area is 219 Å². The van der Waals surface area contributed by atoms with Crippen molar-refractivity contribution in [2.24, 2.45) is 0 Å². The predicted octanol–water partition coefficient (Wildman–Crippen LogP) is 5.73. The second-order valence-corrected chi connectivity index (χ2v) is 10.6. The second-order valence-electron chi connectivity index (χ2n) is 10.6. The molecule has 1 saturated heterocycles. The molecule has 3 aliphatic rings. The largest absolute Gasteiger partial charge is 0.375 e. The highest BCUT2D eigenvalue weighted by Gasteiger charge is 2.41. The van der Waals surface area contributed by atoms with Gasteiger partial charge in [-0.25, -0.2) is 4.98 Å². The van der Waals surface area contributed by atoms with E-state index >= 15 is 0 Å². The van der Waals surface area contributed by atoms with Gasteiger partial charge in [0.05, 0.1) is 17.4 Å². The number of anilines is 3. The third-order valence-electron chi connectivity index (χ3n) is 8.19. The first kappa shape index (κ1) is 23.7. The van der Waals surface area contributed by atoms with Crippen molar-refractivity contribution < 1.29 is 0 Å². The predicted molar refractivity (Wildman–Crippen MR) is 153 cm³/mol. The van der Waals surface area contributed by atoms with E-state index in [1.807, 2.05) is 18.5 Å². The molecule has 37 heavy (non-hydrogen) atoms. The standard InChI is InChI=1S/C31H36N6/c1-21(24-7-8-27-23(3)36-31(29(27)17-24)10-5-4-6-11-31)28-18-26(20-34-22(28)2)35-25-9-12-33-30(19-25)37-15-13-32-14-16-37/h7-9,12,17-20,32,36H,1,3-6,10-11,13-16H2,2H3,(H,33,35). The van der Waals surface area contributed by atoms with Crippen molar-refractivity contribution in [2.75, 3.05) is 36.4 Å². The molecule has 1 aromatic carbocycles. The minimum Gasteiger partial charge on any atom is -0.375 e. The fourth-order valence-corrected chi connectivity index (χ4v) is 6.16. The van der Waals surface area contributed by atoms with Crippen LogP contribution >= 0.6 is 0 Å². The Balaban J connectivity index is 1.27. The number of hydrogen-bond donors (Lipinski definition) is 3. The molecule has 0 radical (unpaired) electrons. The monoisotopic (exact) mass is 492 g/mol. The van der Waals surface area contributed by atoms with Crippen molar-refractivity contribution in [3.8, 4) is 0 Å². The van der Waals surface area contributed by atoms with Crippen LogP contribution in [0.25, 0.3) is 11.3 Å². The molecule has 1 spiro atoms. The van der Waals surface area contributed by atoms with E-state index in [0.717, 1.165) is 84.3 Å². The molecular formula is C31H36N6. The van der Waals surface area contributed by atoms with E-state index in [0.29, 0.717) is 0 Å². The molecular weight excluding hydrogens is 456 g/mol. The van der Waals surface area contributed by atoms with E-state index in [-0.39, 0.29) is 5.54 Å². The van der Waals surface area contributed by atoms with Crippen molar-refractivity contribution in [1.82, 2.24) is 20.6 Å². The lowest BCUT2D eigenvalue weighted by molar-refractivity contribution is 0.276. The molecule has 6 nitrogen and oxygen atoms in total. The highest BCUT2D eigenvalue weighted by atomic mass is 15.2. The van der Waals surface area contributed by atoms with Crippen LogP contribution in [0.1, 0.15) is 60.1 Å². The summed E-state index contributed by atoms with van der Waals surface area (Å²) in [5, 5.41) is 10.7. The van der Waals surface area contributed by atoms with Gasteiger partial charge in [0.2, 0.25) is 0 Å². The third kappa shape index (κ3) is 4.51.